The van der Waals surface area contributed by atoms with E-state index in [-0.39, 0.29) is 0 Å². The molecule has 0 atom stereocenters. The standard InChI is InChI=1S/C13H13BrN2O2S/c1-8-16-6-10(19-8)5-15-4-9-2-11(14)13-12(3-9)17-7-18-13/h2-3,6,15H,4-5,7H2,1H3. The number of fused-ring (bicyclic) bond motifs is 1. The van der Waals surface area contributed by atoms with E-state index in [0.717, 1.165) is 39.6 Å². The van der Waals surface area contributed by atoms with Crippen LogP contribution in [-0.4, -0.2) is 11.8 Å². The van der Waals surface area contributed by atoms with Crippen molar-refractivity contribution in [2.24, 2.45) is 0 Å². The smallest absolute Gasteiger partial charge is 0.231 e. The number of hydrogen-bond acceptors (Lipinski definition) is 5. The van der Waals surface area contributed by atoms with Gasteiger partial charge in [-0.25, -0.2) is 4.98 Å². The highest BCUT2D eigenvalue weighted by atomic mass is 79.9. The molecular weight excluding hydrogens is 328 g/mol. The van der Waals surface area contributed by atoms with Crippen LogP contribution in [0.1, 0.15) is 15.4 Å². The number of benzene rings is 1. The second kappa shape index (κ2) is 5.48. The molecule has 0 radical (unpaired) electrons. The zero-order chi connectivity index (χ0) is 13.2. The van der Waals surface area contributed by atoms with E-state index < -0.39 is 0 Å². The largest absolute Gasteiger partial charge is 0.454 e. The Bertz CT molecular complexity index is 600. The van der Waals surface area contributed by atoms with Gasteiger partial charge in [0.1, 0.15) is 0 Å². The highest BCUT2D eigenvalue weighted by molar-refractivity contribution is 9.10. The van der Waals surface area contributed by atoms with E-state index >= 15 is 0 Å². The van der Waals surface area contributed by atoms with Crippen LogP contribution < -0.4 is 14.8 Å². The van der Waals surface area contributed by atoms with Crippen molar-refractivity contribution in [3.63, 3.8) is 0 Å². The number of aromatic nitrogens is 1. The van der Waals surface area contributed by atoms with Gasteiger partial charge in [0, 0.05) is 24.2 Å². The lowest BCUT2D eigenvalue weighted by Gasteiger charge is -2.06. The molecule has 6 heteroatoms. The van der Waals surface area contributed by atoms with Crippen LogP contribution in [0.15, 0.2) is 22.8 Å². The van der Waals surface area contributed by atoms with Gasteiger partial charge in [-0.2, -0.15) is 0 Å². The minimum atomic E-state index is 0.297. The zero-order valence-electron chi connectivity index (χ0n) is 10.4. The summed E-state index contributed by atoms with van der Waals surface area (Å²) < 4.78 is 11.7. The van der Waals surface area contributed by atoms with E-state index in [4.69, 9.17) is 9.47 Å². The molecule has 0 unspecified atom stereocenters. The summed E-state index contributed by atoms with van der Waals surface area (Å²) in [6.45, 7) is 3.93. The fraction of sp³-hybridized carbons (Fsp3) is 0.308. The van der Waals surface area contributed by atoms with Crippen molar-refractivity contribution >= 4 is 27.3 Å². The molecule has 2 heterocycles. The molecular formula is C13H13BrN2O2S. The number of nitrogens with one attached hydrogen (secondary N) is 1. The molecule has 3 rings (SSSR count). The third kappa shape index (κ3) is 2.91. The third-order valence-electron chi connectivity index (χ3n) is 2.78. The average Bonchev–Trinajstić information content (AvgIpc) is 2.98. The fourth-order valence-electron chi connectivity index (χ4n) is 1.94. The Hall–Kier alpha value is -1.11. The highest BCUT2D eigenvalue weighted by Gasteiger charge is 2.17. The van der Waals surface area contributed by atoms with E-state index in [9.17, 15) is 0 Å². The summed E-state index contributed by atoms with van der Waals surface area (Å²) in [7, 11) is 0. The molecule has 19 heavy (non-hydrogen) atoms. The number of aryl methyl sites for hydroxylation is 1. The summed E-state index contributed by atoms with van der Waals surface area (Å²) in [6, 6.07) is 4.07. The number of rotatable bonds is 4. The Morgan fingerprint density at radius 3 is 3.05 bits per heavy atom. The van der Waals surface area contributed by atoms with E-state index in [0.29, 0.717) is 6.79 Å². The molecule has 0 aliphatic carbocycles. The number of thiazole rings is 1. The van der Waals surface area contributed by atoms with E-state index in [1.807, 2.05) is 19.2 Å². The lowest BCUT2D eigenvalue weighted by Crippen LogP contribution is -2.11. The van der Waals surface area contributed by atoms with Crippen molar-refractivity contribution in [1.82, 2.24) is 10.3 Å². The SMILES string of the molecule is Cc1ncc(CNCc2cc(Br)c3c(c2)OCO3)s1. The maximum Gasteiger partial charge on any atom is 0.231 e. The van der Waals surface area contributed by atoms with E-state index in [1.54, 1.807) is 11.3 Å². The molecule has 0 fully saturated rings. The Balaban J connectivity index is 1.63. The van der Waals surface area contributed by atoms with Crippen molar-refractivity contribution < 1.29 is 9.47 Å². The molecule has 1 aromatic carbocycles. The van der Waals surface area contributed by atoms with Gasteiger partial charge in [0.25, 0.3) is 0 Å². The molecule has 1 aromatic heterocycles. The van der Waals surface area contributed by atoms with Crippen LogP contribution in [0, 0.1) is 6.92 Å². The quantitative estimate of drug-likeness (QED) is 0.927. The number of halogens is 1. The highest BCUT2D eigenvalue weighted by Crippen LogP contribution is 2.39. The predicted octanol–water partition coefficient (Wildman–Crippen LogP) is 3.23. The Morgan fingerprint density at radius 2 is 2.26 bits per heavy atom. The summed E-state index contributed by atoms with van der Waals surface area (Å²) in [4.78, 5) is 5.49. The van der Waals surface area contributed by atoms with Gasteiger partial charge in [0.05, 0.1) is 9.48 Å². The molecule has 1 aliphatic heterocycles. The monoisotopic (exact) mass is 340 g/mol. The lowest BCUT2D eigenvalue weighted by molar-refractivity contribution is 0.173. The minimum Gasteiger partial charge on any atom is -0.454 e. The van der Waals surface area contributed by atoms with Gasteiger partial charge in [0.2, 0.25) is 6.79 Å². The summed E-state index contributed by atoms with van der Waals surface area (Å²) >= 11 is 5.22. The van der Waals surface area contributed by atoms with Gasteiger partial charge in [-0.15, -0.1) is 11.3 Å². The van der Waals surface area contributed by atoms with Crippen LogP contribution in [0.5, 0.6) is 11.5 Å². The minimum absolute atomic E-state index is 0.297. The fourth-order valence-corrected chi connectivity index (χ4v) is 3.31. The Morgan fingerprint density at radius 1 is 1.37 bits per heavy atom. The van der Waals surface area contributed by atoms with Crippen LogP contribution in [0.3, 0.4) is 0 Å². The molecule has 100 valence electrons. The third-order valence-corrected chi connectivity index (χ3v) is 4.29. The number of nitrogens with zero attached hydrogens (tertiary/aromatic N) is 1. The van der Waals surface area contributed by atoms with Gasteiger partial charge in [-0.3, -0.25) is 0 Å². The summed E-state index contributed by atoms with van der Waals surface area (Å²) in [6.07, 6.45) is 1.92. The number of hydrogen-bond donors (Lipinski definition) is 1. The van der Waals surface area contributed by atoms with Gasteiger partial charge in [0.15, 0.2) is 11.5 Å². The Kier molecular flexibility index (Phi) is 3.72. The van der Waals surface area contributed by atoms with Gasteiger partial charge < -0.3 is 14.8 Å². The maximum absolute atomic E-state index is 5.40. The second-order valence-corrected chi connectivity index (χ2v) is 6.43. The van der Waals surface area contributed by atoms with Crippen molar-refractivity contribution in [3.8, 4) is 11.5 Å². The average molecular weight is 341 g/mol. The topological polar surface area (TPSA) is 43.4 Å². The van der Waals surface area contributed by atoms with Crippen molar-refractivity contribution in [3.05, 3.63) is 38.3 Å². The molecule has 0 saturated carbocycles. The van der Waals surface area contributed by atoms with Gasteiger partial charge in [-0.1, -0.05) is 0 Å². The van der Waals surface area contributed by atoms with Gasteiger partial charge >= 0.3 is 0 Å². The first-order valence-corrected chi connectivity index (χ1v) is 7.53. The van der Waals surface area contributed by atoms with Crippen LogP contribution in [0.25, 0.3) is 0 Å². The van der Waals surface area contributed by atoms with Crippen LogP contribution in [0.4, 0.5) is 0 Å². The molecule has 0 amide bonds. The van der Waals surface area contributed by atoms with Crippen LogP contribution in [-0.2, 0) is 13.1 Å². The van der Waals surface area contributed by atoms with Crippen molar-refractivity contribution in [2.75, 3.05) is 6.79 Å². The van der Waals surface area contributed by atoms with Crippen molar-refractivity contribution in [2.45, 2.75) is 20.0 Å². The molecule has 2 aromatic rings. The Labute approximate surface area is 123 Å². The number of ether oxygens (including phenoxy) is 2. The molecule has 0 bridgehead atoms. The summed E-state index contributed by atoms with van der Waals surface area (Å²) in [5.74, 6) is 1.60. The molecule has 4 nitrogen and oxygen atoms in total. The van der Waals surface area contributed by atoms with E-state index in [2.05, 4.69) is 32.3 Å². The van der Waals surface area contributed by atoms with Crippen molar-refractivity contribution in [1.29, 1.82) is 0 Å². The first-order valence-electron chi connectivity index (χ1n) is 5.92. The molecule has 1 aliphatic rings. The maximum atomic E-state index is 5.40. The summed E-state index contributed by atoms with van der Waals surface area (Å²) in [5, 5.41) is 4.50. The lowest BCUT2D eigenvalue weighted by atomic mass is 10.2. The first-order chi connectivity index (χ1) is 9.22. The van der Waals surface area contributed by atoms with E-state index in [1.165, 1.54) is 4.88 Å². The predicted molar refractivity (Wildman–Crippen MR) is 77.7 cm³/mol. The second-order valence-electron chi connectivity index (χ2n) is 4.26. The normalized spacial score (nSPS) is 12.9. The molecule has 0 saturated heterocycles. The zero-order valence-corrected chi connectivity index (χ0v) is 12.8. The molecule has 0 spiro atoms. The van der Waals surface area contributed by atoms with Crippen LogP contribution >= 0.6 is 27.3 Å². The molecule has 1 N–H and O–H groups in total. The first kappa shape index (κ1) is 12.9. The van der Waals surface area contributed by atoms with Gasteiger partial charge in [-0.05, 0) is 40.5 Å². The van der Waals surface area contributed by atoms with Crippen LogP contribution in [0.2, 0.25) is 0 Å². The summed E-state index contributed by atoms with van der Waals surface area (Å²) in [5.41, 5.74) is 1.16.